The molecule has 36 heavy (non-hydrogen) atoms. The van der Waals surface area contributed by atoms with Crippen LogP contribution < -0.4 is 4.90 Å². The summed E-state index contributed by atoms with van der Waals surface area (Å²) in [4.78, 5) is 26.7. The molecule has 3 aliphatic rings. The molecule has 0 bridgehead atoms. The third kappa shape index (κ3) is 4.31. The molecule has 6 rings (SSSR count). The second-order valence-corrected chi connectivity index (χ2v) is 10.3. The van der Waals surface area contributed by atoms with Crippen LogP contribution in [0.15, 0.2) is 42.7 Å². The van der Waals surface area contributed by atoms with Crippen LogP contribution in [0.5, 0.6) is 0 Å². The summed E-state index contributed by atoms with van der Waals surface area (Å²) < 4.78 is 5.14. The molecule has 2 saturated carbocycles. The average Bonchev–Trinajstić information content (AvgIpc) is 3.84. The highest BCUT2D eigenvalue weighted by Crippen LogP contribution is 2.46. The summed E-state index contributed by atoms with van der Waals surface area (Å²) in [5.41, 5.74) is 3.86. The van der Waals surface area contributed by atoms with E-state index in [1.54, 1.807) is 7.11 Å². The molecule has 1 aliphatic heterocycles. The van der Waals surface area contributed by atoms with Crippen molar-refractivity contribution in [2.75, 3.05) is 38.3 Å². The van der Waals surface area contributed by atoms with Gasteiger partial charge in [-0.15, -0.1) is 0 Å². The molecule has 1 amide bonds. The van der Waals surface area contributed by atoms with E-state index in [9.17, 15) is 10.1 Å². The van der Waals surface area contributed by atoms with E-state index in [4.69, 9.17) is 9.72 Å². The molecule has 3 fully saturated rings. The molecule has 0 spiro atoms. The molecule has 0 N–H and O–H groups in total. The van der Waals surface area contributed by atoms with E-state index in [0.717, 1.165) is 65.6 Å². The number of anilines is 1. The summed E-state index contributed by atoms with van der Waals surface area (Å²) in [7, 11) is 1.63. The zero-order chi connectivity index (χ0) is 24.6. The molecule has 2 aromatic heterocycles. The van der Waals surface area contributed by atoms with E-state index < -0.39 is 0 Å². The minimum Gasteiger partial charge on any atom is -0.384 e. The highest BCUT2D eigenvalue weighted by atomic mass is 16.5. The summed E-state index contributed by atoms with van der Waals surface area (Å²) in [6, 6.07) is 13.0. The number of amides is 1. The number of fused-ring (bicyclic) bond motifs is 1. The molecule has 1 unspecified atom stereocenters. The quantitative estimate of drug-likeness (QED) is 0.494. The molecule has 1 aromatic carbocycles. The number of ether oxygens (including phenoxy) is 1. The Labute approximate surface area is 211 Å². The van der Waals surface area contributed by atoms with Crippen molar-refractivity contribution in [3.05, 3.63) is 54.0 Å². The molecule has 7 nitrogen and oxygen atoms in total. The number of hydrogen-bond donors (Lipinski definition) is 0. The van der Waals surface area contributed by atoms with Gasteiger partial charge in [-0.05, 0) is 54.7 Å². The van der Waals surface area contributed by atoms with Crippen LogP contribution in [0.25, 0.3) is 21.9 Å². The lowest BCUT2D eigenvalue weighted by molar-refractivity contribution is -0.135. The van der Waals surface area contributed by atoms with Crippen LogP contribution in [-0.4, -0.2) is 60.2 Å². The van der Waals surface area contributed by atoms with Gasteiger partial charge in [0.2, 0.25) is 5.91 Å². The van der Waals surface area contributed by atoms with Crippen LogP contribution in [-0.2, 0) is 9.53 Å². The van der Waals surface area contributed by atoms with Crippen molar-refractivity contribution in [1.82, 2.24) is 14.9 Å². The Kier molecular flexibility index (Phi) is 6.06. The van der Waals surface area contributed by atoms with E-state index in [-0.39, 0.29) is 11.9 Å². The number of pyridine rings is 2. The maximum atomic E-state index is 12.9. The zero-order valence-electron chi connectivity index (χ0n) is 20.7. The predicted octanol–water partition coefficient (Wildman–Crippen LogP) is 4.51. The molecular weight excluding hydrogens is 450 g/mol. The lowest BCUT2D eigenvalue weighted by Crippen LogP contribution is -2.56. The number of benzene rings is 1. The van der Waals surface area contributed by atoms with Crippen LogP contribution in [0.4, 0.5) is 5.82 Å². The molecular formula is C29H31N5O2. The van der Waals surface area contributed by atoms with Gasteiger partial charge < -0.3 is 14.5 Å². The highest BCUT2D eigenvalue weighted by molar-refractivity contribution is 5.97. The predicted molar refractivity (Wildman–Crippen MR) is 139 cm³/mol. The third-order valence-corrected chi connectivity index (χ3v) is 7.81. The monoisotopic (exact) mass is 481 g/mol. The summed E-state index contributed by atoms with van der Waals surface area (Å²) in [6.45, 7) is 2.53. The second-order valence-electron chi connectivity index (χ2n) is 10.3. The van der Waals surface area contributed by atoms with Gasteiger partial charge in [0.15, 0.2) is 0 Å². The average molecular weight is 482 g/mol. The first-order valence-electron chi connectivity index (χ1n) is 13.0. The number of methoxy groups -OCH3 is 1. The Morgan fingerprint density at radius 2 is 2.03 bits per heavy atom. The number of rotatable bonds is 7. The van der Waals surface area contributed by atoms with Gasteiger partial charge in [0.1, 0.15) is 11.9 Å². The Hall–Kier alpha value is -3.50. The number of piperazine rings is 1. The van der Waals surface area contributed by atoms with Crippen molar-refractivity contribution in [3.63, 3.8) is 0 Å². The number of aromatic nitrogens is 2. The van der Waals surface area contributed by atoms with Crippen molar-refractivity contribution >= 4 is 22.5 Å². The molecule has 0 radical (unpaired) electrons. The van der Waals surface area contributed by atoms with Crippen LogP contribution in [0, 0.1) is 17.2 Å². The minimum absolute atomic E-state index is 0.168. The fourth-order valence-corrected chi connectivity index (χ4v) is 5.61. The number of nitrogens with zero attached hydrogens (tertiary/aromatic N) is 5. The first-order chi connectivity index (χ1) is 17.7. The van der Waals surface area contributed by atoms with Crippen LogP contribution >= 0.6 is 0 Å². The van der Waals surface area contributed by atoms with Crippen molar-refractivity contribution in [3.8, 4) is 17.2 Å². The molecule has 7 heteroatoms. The maximum absolute atomic E-state index is 12.9. The highest BCUT2D eigenvalue weighted by Gasteiger charge is 2.41. The first-order valence-corrected chi connectivity index (χ1v) is 13.0. The molecule has 1 atom stereocenters. The van der Waals surface area contributed by atoms with Gasteiger partial charge in [0.05, 0.1) is 30.3 Å². The maximum Gasteiger partial charge on any atom is 0.225 e. The largest absolute Gasteiger partial charge is 0.384 e. The van der Waals surface area contributed by atoms with Crippen LogP contribution in [0.2, 0.25) is 0 Å². The van der Waals surface area contributed by atoms with Crippen LogP contribution in [0.1, 0.15) is 49.3 Å². The van der Waals surface area contributed by atoms with Gasteiger partial charge in [-0.1, -0.05) is 18.2 Å². The van der Waals surface area contributed by atoms with Gasteiger partial charge >= 0.3 is 0 Å². The SMILES string of the molecule is COCCC(=O)N1CCN(c2nc(C3CC3)c(-c3cccc4cnccc34)cc2C#N)CC1C1CC1. The third-order valence-electron chi connectivity index (χ3n) is 7.81. The van der Waals surface area contributed by atoms with Crippen molar-refractivity contribution in [2.24, 2.45) is 5.92 Å². The van der Waals surface area contributed by atoms with Gasteiger partial charge in [0.25, 0.3) is 0 Å². The molecule has 1 saturated heterocycles. The first kappa shape index (κ1) is 22.9. The molecule has 2 aliphatic carbocycles. The normalized spacial score (nSPS) is 19.9. The smallest absolute Gasteiger partial charge is 0.225 e. The number of carbonyl (C=O) groups is 1. The summed E-state index contributed by atoms with van der Waals surface area (Å²) in [5.74, 6) is 1.91. The van der Waals surface area contributed by atoms with E-state index in [1.165, 1.54) is 0 Å². The molecule has 3 heterocycles. The summed E-state index contributed by atoms with van der Waals surface area (Å²) in [6.07, 6.45) is 8.70. The van der Waals surface area contributed by atoms with Crippen molar-refractivity contribution < 1.29 is 9.53 Å². The van der Waals surface area contributed by atoms with E-state index in [0.29, 0.717) is 43.5 Å². The Bertz CT molecular complexity index is 1340. The zero-order valence-corrected chi connectivity index (χ0v) is 20.7. The fraction of sp³-hybridized carbons (Fsp3) is 0.448. The fourth-order valence-electron chi connectivity index (χ4n) is 5.61. The Morgan fingerprint density at radius 1 is 1.17 bits per heavy atom. The van der Waals surface area contributed by atoms with Gasteiger partial charge in [0, 0.05) is 56.0 Å². The number of carbonyl (C=O) groups excluding carboxylic acids is 1. The van der Waals surface area contributed by atoms with E-state index in [1.807, 2.05) is 24.5 Å². The minimum atomic E-state index is 0.168. The van der Waals surface area contributed by atoms with Crippen molar-refractivity contribution in [2.45, 2.75) is 44.1 Å². The molecule has 184 valence electrons. The summed E-state index contributed by atoms with van der Waals surface area (Å²) in [5, 5.41) is 12.4. The van der Waals surface area contributed by atoms with Gasteiger partial charge in [-0.25, -0.2) is 4.98 Å². The number of hydrogen-bond acceptors (Lipinski definition) is 6. The lowest BCUT2D eigenvalue weighted by atomic mass is 9.95. The van der Waals surface area contributed by atoms with Gasteiger partial charge in [-0.3, -0.25) is 9.78 Å². The molecule has 3 aromatic rings. The topological polar surface area (TPSA) is 82.3 Å². The Morgan fingerprint density at radius 3 is 2.78 bits per heavy atom. The van der Waals surface area contributed by atoms with E-state index in [2.05, 4.69) is 39.1 Å². The standard InChI is InChI=1S/C29H31N5O2/c1-36-14-10-27(35)34-13-12-33(18-26(34)19-5-6-19)29-22(16-30)15-25(28(32-29)20-7-8-20)24-4-2-3-21-17-31-11-9-23(21)24/h2-4,9,11,15,17,19-20,26H,5-8,10,12-14,18H2,1H3. The van der Waals surface area contributed by atoms with Crippen LogP contribution in [0.3, 0.4) is 0 Å². The summed E-state index contributed by atoms with van der Waals surface area (Å²) >= 11 is 0. The lowest BCUT2D eigenvalue weighted by Gasteiger charge is -2.42. The van der Waals surface area contributed by atoms with E-state index >= 15 is 0 Å². The number of nitriles is 1. The second kappa shape index (κ2) is 9.51. The van der Waals surface area contributed by atoms with Crippen molar-refractivity contribution in [1.29, 1.82) is 5.26 Å². The Balaban J connectivity index is 1.37. The van der Waals surface area contributed by atoms with Gasteiger partial charge in [-0.2, -0.15) is 5.26 Å².